The Morgan fingerprint density at radius 3 is 2.56 bits per heavy atom. The average molecular weight is 124 g/mol. The lowest BCUT2D eigenvalue weighted by Crippen LogP contribution is -1.87. The first-order valence-electron chi connectivity index (χ1n) is 2.47. The van der Waals surface area contributed by atoms with Crippen molar-refractivity contribution in [1.29, 1.82) is 0 Å². The maximum Gasteiger partial charge on any atom is 0.123 e. The van der Waals surface area contributed by atoms with Crippen LogP contribution >= 0.6 is 0 Å². The minimum atomic E-state index is 0. The smallest absolute Gasteiger partial charge is 0.123 e. The fourth-order valence-electron chi connectivity index (χ4n) is 0.560. The van der Waals surface area contributed by atoms with Crippen molar-refractivity contribution in [3.8, 4) is 0 Å². The molecule has 2 heteroatoms. The number of aryl methyl sites for hydroxylation is 1. The third kappa shape index (κ3) is 2.13. The molecule has 1 rings (SSSR count). The third-order valence-electron chi connectivity index (χ3n) is 0.937. The van der Waals surface area contributed by atoms with Gasteiger partial charge in [0.1, 0.15) is 5.82 Å². The first-order valence-corrected chi connectivity index (χ1v) is 2.47. The molecule has 0 atom stereocenters. The number of hydrogen-bond acceptors (Lipinski definition) is 2. The number of aromatic nitrogens is 1. The van der Waals surface area contributed by atoms with Gasteiger partial charge in [-0.15, -0.1) is 0 Å². The van der Waals surface area contributed by atoms with Crippen molar-refractivity contribution >= 4 is 5.82 Å². The second kappa shape index (κ2) is 3.07. The normalized spacial score (nSPS) is 8.11. The van der Waals surface area contributed by atoms with Gasteiger partial charge in [-0.2, -0.15) is 0 Å². The fraction of sp³-hybridized carbons (Fsp3) is 0.286. The second-order valence-electron chi connectivity index (χ2n) is 1.76. The van der Waals surface area contributed by atoms with E-state index in [1.54, 1.807) is 6.20 Å². The van der Waals surface area contributed by atoms with Gasteiger partial charge in [0.2, 0.25) is 0 Å². The molecule has 2 nitrogen and oxygen atoms in total. The van der Waals surface area contributed by atoms with Gasteiger partial charge in [0.05, 0.1) is 0 Å². The van der Waals surface area contributed by atoms with E-state index < -0.39 is 0 Å². The van der Waals surface area contributed by atoms with Crippen LogP contribution in [0.4, 0.5) is 5.82 Å². The average Bonchev–Trinajstić information content (AvgIpc) is 1.64. The van der Waals surface area contributed by atoms with Gasteiger partial charge in [-0.25, -0.2) is 4.98 Å². The van der Waals surface area contributed by atoms with Crippen molar-refractivity contribution in [1.82, 2.24) is 4.98 Å². The molecule has 9 heavy (non-hydrogen) atoms. The van der Waals surface area contributed by atoms with Crippen molar-refractivity contribution in [2.45, 2.75) is 14.4 Å². The molecule has 0 radical (unpaired) electrons. The van der Waals surface area contributed by atoms with Gasteiger partial charge in [0.25, 0.3) is 0 Å². The molecule has 0 aliphatic rings. The van der Waals surface area contributed by atoms with Crippen LogP contribution < -0.4 is 5.73 Å². The maximum absolute atomic E-state index is 5.35. The van der Waals surface area contributed by atoms with Crippen LogP contribution in [0.1, 0.15) is 13.0 Å². The van der Waals surface area contributed by atoms with E-state index in [2.05, 4.69) is 4.98 Å². The largest absolute Gasteiger partial charge is 0.384 e. The van der Waals surface area contributed by atoms with Crippen molar-refractivity contribution in [3.63, 3.8) is 0 Å². The predicted molar refractivity (Wildman–Crippen MR) is 40.1 cm³/mol. The number of pyridine rings is 1. The van der Waals surface area contributed by atoms with Crippen LogP contribution in [-0.2, 0) is 0 Å². The van der Waals surface area contributed by atoms with E-state index in [1.165, 1.54) is 0 Å². The Hall–Kier alpha value is -1.05. The highest BCUT2D eigenvalue weighted by Crippen LogP contribution is 1.98. The van der Waals surface area contributed by atoms with Gasteiger partial charge in [-0.05, 0) is 24.6 Å². The molecule has 0 aliphatic heterocycles. The summed E-state index contributed by atoms with van der Waals surface area (Å²) in [5.41, 5.74) is 6.50. The first kappa shape index (κ1) is 7.95. The minimum Gasteiger partial charge on any atom is -0.384 e. The van der Waals surface area contributed by atoms with Crippen molar-refractivity contribution in [2.75, 3.05) is 5.73 Å². The van der Waals surface area contributed by atoms with E-state index in [9.17, 15) is 0 Å². The summed E-state index contributed by atoms with van der Waals surface area (Å²) in [6.45, 7) is 1.98. The van der Waals surface area contributed by atoms with Crippen LogP contribution in [0, 0.1) is 6.92 Å². The van der Waals surface area contributed by atoms with E-state index in [4.69, 9.17) is 5.73 Å². The van der Waals surface area contributed by atoms with Crippen molar-refractivity contribution in [2.24, 2.45) is 0 Å². The van der Waals surface area contributed by atoms with Crippen molar-refractivity contribution < 1.29 is 0 Å². The van der Waals surface area contributed by atoms with Crippen LogP contribution in [0.25, 0.3) is 0 Å². The highest BCUT2D eigenvalue weighted by molar-refractivity contribution is 5.30. The lowest BCUT2D eigenvalue weighted by atomic mass is 10.3. The molecule has 0 aromatic carbocycles. The highest BCUT2D eigenvalue weighted by Gasteiger charge is 1.82. The number of nitrogens with two attached hydrogens (primary N) is 1. The molecule has 0 aliphatic carbocycles. The van der Waals surface area contributed by atoms with Gasteiger partial charge in [-0.3, -0.25) is 0 Å². The van der Waals surface area contributed by atoms with E-state index in [1.807, 2.05) is 19.1 Å². The molecule has 0 amide bonds. The molecule has 0 bridgehead atoms. The zero-order valence-electron chi connectivity index (χ0n) is 4.76. The zero-order valence-corrected chi connectivity index (χ0v) is 4.76. The number of rotatable bonds is 0. The first-order chi connectivity index (χ1) is 3.79. The number of anilines is 1. The molecule has 0 fully saturated rings. The molecule has 0 unspecified atom stereocenters. The summed E-state index contributed by atoms with van der Waals surface area (Å²) in [5, 5.41) is 0. The van der Waals surface area contributed by atoms with Gasteiger partial charge >= 0.3 is 0 Å². The van der Waals surface area contributed by atoms with Gasteiger partial charge < -0.3 is 5.73 Å². The zero-order chi connectivity index (χ0) is 5.98. The van der Waals surface area contributed by atoms with E-state index >= 15 is 0 Å². The highest BCUT2D eigenvalue weighted by atomic mass is 14.8. The molecule has 0 saturated carbocycles. The number of nitrogens with zero attached hydrogens (tertiary/aromatic N) is 1. The van der Waals surface area contributed by atoms with E-state index in [0.717, 1.165) is 5.56 Å². The lowest BCUT2D eigenvalue weighted by molar-refractivity contribution is 1.30. The Morgan fingerprint density at radius 1 is 1.56 bits per heavy atom. The molecule has 2 N–H and O–H groups in total. The SMILES string of the molecule is C.Cc1ccnc(N)c1. The molecule has 1 heterocycles. The Labute approximate surface area is 55.7 Å². The minimum absolute atomic E-state index is 0. The van der Waals surface area contributed by atoms with Crippen molar-refractivity contribution in [3.05, 3.63) is 23.9 Å². The second-order valence-corrected chi connectivity index (χ2v) is 1.76. The van der Waals surface area contributed by atoms with Gasteiger partial charge in [0.15, 0.2) is 0 Å². The van der Waals surface area contributed by atoms with Crippen LogP contribution in [0.5, 0.6) is 0 Å². The lowest BCUT2D eigenvalue weighted by Gasteiger charge is -1.90. The molecule has 50 valence electrons. The Bertz CT molecular complexity index is 167. The summed E-state index contributed by atoms with van der Waals surface area (Å²) in [6, 6.07) is 3.75. The van der Waals surface area contributed by atoms with Crippen LogP contribution in [0.15, 0.2) is 18.3 Å². The summed E-state index contributed by atoms with van der Waals surface area (Å²) >= 11 is 0. The summed E-state index contributed by atoms with van der Waals surface area (Å²) in [4.78, 5) is 3.82. The maximum atomic E-state index is 5.35. The Balaban J connectivity index is 0.000000640. The summed E-state index contributed by atoms with van der Waals surface area (Å²) in [7, 11) is 0. The Morgan fingerprint density at radius 2 is 2.22 bits per heavy atom. The molecular weight excluding hydrogens is 112 g/mol. The quantitative estimate of drug-likeness (QED) is 0.570. The fourth-order valence-corrected chi connectivity index (χ4v) is 0.560. The molecule has 0 saturated heterocycles. The Kier molecular flexibility index (Phi) is 2.71. The molecule has 0 spiro atoms. The summed E-state index contributed by atoms with van der Waals surface area (Å²) in [6.07, 6.45) is 1.70. The number of nitrogen functional groups attached to an aromatic ring is 1. The number of hydrogen-bond donors (Lipinski definition) is 1. The van der Waals surface area contributed by atoms with Crippen LogP contribution in [0.2, 0.25) is 0 Å². The molecule has 1 aromatic rings. The monoisotopic (exact) mass is 124 g/mol. The topological polar surface area (TPSA) is 38.9 Å². The standard InChI is InChI=1S/C6H8N2.CH4/c1-5-2-3-8-6(7)4-5;/h2-4H,1H3,(H2,7,8);1H4. The predicted octanol–water partition coefficient (Wildman–Crippen LogP) is 1.61. The summed E-state index contributed by atoms with van der Waals surface area (Å²) in [5.74, 6) is 0.588. The van der Waals surface area contributed by atoms with Gasteiger partial charge in [0, 0.05) is 6.20 Å². The van der Waals surface area contributed by atoms with Crippen LogP contribution in [0.3, 0.4) is 0 Å². The summed E-state index contributed by atoms with van der Waals surface area (Å²) < 4.78 is 0. The molecule has 1 aromatic heterocycles. The molecular formula is C7H12N2. The third-order valence-corrected chi connectivity index (χ3v) is 0.937. The van der Waals surface area contributed by atoms with Crippen LogP contribution in [-0.4, -0.2) is 4.98 Å². The van der Waals surface area contributed by atoms with Gasteiger partial charge in [-0.1, -0.05) is 7.43 Å². The van der Waals surface area contributed by atoms with E-state index in [0.29, 0.717) is 5.82 Å². The van der Waals surface area contributed by atoms with E-state index in [-0.39, 0.29) is 7.43 Å².